The summed E-state index contributed by atoms with van der Waals surface area (Å²) < 4.78 is 5.74. The van der Waals surface area contributed by atoms with Gasteiger partial charge in [-0.3, -0.25) is 0 Å². The molecule has 2 rings (SSSR count). The van der Waals surface area contributed by atoms with Crippen LogP contribution in [0, 0.1) is 11.3 Å². The first kappa shape index (κ1) is 15.1. The van der Waals surface area contributed by atoms with Gasteiger partial charge in [-0.05, 0) is 18.4 Å². The molecule has 0 aromatic heterocycles. The van der Waals surface area contributed by atoms with E-state index in [4.69, 9.17) is 10.00 Å². The maximum Gasteiger partial charge on any atom is 0.109 e. The van der Waals surface area contributed by atoms with E-state index in [0.29, 0.717) is 12.2 Å². The first-order chi connectivity index (χ1) is 9.92. The lowest BCUT2D eigenvalue weighted by atomic mass is 10.0. The molecule has 0 radical (unpaired) electrons. The molecule has 0 saturated carbocycles. The predicted octanol–water partition coefficient (Wildman–Crippen LogP) is 5.16. The van der Waals surface area contributed by atoms with Crippen LogP contribution in [0.3, 0.4) is 0 Å². The van der Waals surface area contributed by atoms with Crippen LogP contribution in [0.2, 0.25) is 0 Å². The highest BCUT2D eigenvalue weighted by Crippen LogP contribution is 2.41. The van der Waals surface area contributed by atoms with Crippen LogP contribution in [-0.4, -0.2) is 6.10 Å². The van der Waals surface area contributed by atoms with Crippen molar-refractivity contribution in [3.05, 3.63) is 35.9 Å². The van der Waals surface area contributed by atoms with Gasteiger partial charge in [-0.25, -0.2) is 0 Å². The molecule has 0 spiro atoms. The van der Waals surface area contributed by atoms with E-state index in [1.165, 1.54) is 50.5 Å². The monoisotopic (exact) mass is 271 g/mol. The van der Waals surface area contributed by atoms with Gasteiger partial charge in [-0.15, -0.1) is 0 Å². The SMILES string of the molecule is N#CCCCCCCCCCC1OC1c1ccccc1. The molecule has 0 N–H and O–H groups in total. The number of nitriles is 1. The summed E-state index contributed by atoms with van der Waals surface area (Å²) in [6, 6.07) is 12.7. The molecular formula is C18H25NO. The zero-order valence-corrected chi connectivity index (χ0v) is 12.3. The number of epoxide rings is 1. The fraction of sp³-hybridized carbons (Fsp3) is 0.611. The molecule has 2 nitrogen and oxygen atoms in total. The Balaban J connectivity index is 1.43. The van der Waals surface area contributed by atoms with E-state index in [-0.39, 0.29) is 0 Å². The summed E-state index contributed by atoms with van der Waals surface area (Å²) in [6.07, 6.45) is 11.6. The van der Waals surface area contributed by atoms with E-state index in [1.54, 1.807) is 0 Å². The third-order valence-corrected chi connectivity index (χ3v) is 3.99. The van der Waals surface area contributed by atoms with Gasteiger partial charge < -0.3 is 4.74 Å². The fourth-order valence-corrected chi connectivity index (χ4v) is 2.73. The molecular weight excluding hydrogens is 246 g/mol. The molecule has 0 amide bonds. The van der Waals surface area contributed by atoms with E-state index < -0.39 is 0 Å². The van der Waals surface area contributed by atoms with Crippen molar-refractivity contribution in [3.8, 4) is 6.07 Å². The number of nitrogens with zero attached hydrogens (tertiary/aromatic N) is 1. The quantitative estimate of drug-likeness (QED) is 0.435. The van der Waals surface area contributed by atoms with Crippen molar-refractivity contribution in [1.29, 1.82) is 5.26 Å². The number of rotatable bonds is 10. The first-order valence-electron chi connectivity index (χ1n) is 7.99. The second-order valence-electron chi connectivity index (χ2n) is 5.68. The predicted molar refractivity (Wildman–Crippen MR) is 81.2 cm³/mol. The second-order valence-corrected chi connectivity index (χ2v) is 5.68. The van der Waals surface area contributed by atoms with Crippen LogP contribution in [0.4, 0.5) is 0 Å². The van der Waals surface area contributed by atoms with Crippen molar-refractivity contribution in [2.24, 2.45) is 0 Å². The van der Waals surface area contributed by atoms with Crippen molar-refractivity contribution in [1.82, 2.24) is 0 Å². The molecule has 0 bridgehead atoms. The van der Waals surface area contributed by atoms with Gasteiger partial charge in [0.05, 0.1) is 12.2 Å². The minimum absolute atomic E-state index is 0.363. The van der Waals surface area contributed by atoms with Gasteiger partial charge in [0.2, 0.25) is 0 Å². The van der Waals surface area contributed by atoms with Gasteiger partial charge in [0.1, 0.15) is 6.10 Å². The van der Waals surface area contributed by atoms with Crippen LogP contribution in [0.5, 0.6) is 0 Å². The van der Waals surface area contributed by atoms with E-state index in [1.807, 2.05) is 0 Å². The summed E-state index contributed by atoms with van der Waals surface area (Å²) in [7, 11) is 0. The van der Waals surface area contributed by atoms with Crippen LogP contribution in [0.1, 0.15) is 69.5 Å². The van der Waals surface area contributed by atoms with Crippen molar-refractivity contribution < 1.29 is 4.74 Å². The Morgan fingerprint density at radius 1 is 0.900 bits per heavy atom. The van der Waals surface area contributed by atoms with Gasteiger partial charge in [-0.2, -0.15) is 5.26 Å². The highest BCUT2D eigenvalue weighted by molar-refractivity contribution is 5.22. The lowest BCUT2D eigenvalue weighted by Gasteiger charge is -2.00. The second kappa shape index (κ2) is 8.76. The number of benzene rings is 1. The standard InChI is InChI=1S/C18H25NO/c19-15-11-6-4-2-1-3-5-10-14-17-18(20-17)16-12-8-7-9-13-16/h7-9,12-13,17-18H,1-6,10-11,14H2. The molecule has 0 aliphatic carbocycles. The molecule has 2 heteroatoms. The van der Waals surface area contributed by atoms with Gasteiger partial charge in [0, 0.05) is 6.42 Å². The molecule has 2 atom stereocenters. The van der Waals surface area contributed by atoms with Gasteiger partial charge in [0.15, 0.2) is 0 Å². The summed E-state index contributed by atoms with van der Waals surface area (Å²) in [4.78, 5) is 0. The maximum absolute atomic E-state index is 8.44. The molecule has 1 fully saturated rings. The Bertz CT molecular complexity index is 409. The third-order valence-electron chi connectivity index (χ3n) is 3.99. The van der Waals surface area contributed by atoms with Crippen molar-refractivity contribution >= 4 is 0 Å². The average Bonchev–Trinajstić information content (AvgIpc) is 3.26. The first-order valence-corrected chi connectivity index (χ1v) is 7.99. The lowest BCUT2D eigenvalue weighted by Crippen LogP contribution is -1.89. The topological polar surface area (TPSA) is 36.3 Å². The normalized spacial score (nSPS) is 20.6. The molecule has 2 unspecified atom stereocenters. The van der Waals surface area contributed by atoms with Crippen molar-refractivity contribution in [3.63, 3.8) is 0 Å². The zero-order chi connectivity index (χ0) is 14.0. The largest absolute Gasteiger partial charge is 0.365 e. The number of unbranched alkanes of at least 4 members (excludes halogenated alkanes) is 7. The molecule has 108 valence electrons. The van der Waals surface area contributed by atoms with Crippen LogP contribution in [-0.2, 0) is 4.74 Å². The molecule has 1 heterocycles. The average molecular weight is 271 g/mol. The van der Waals surface area contributed by atoms with Crippen LogP contribution < -0.4 is 0 Å². The molecule has 1 aliphatic rings. The maximum atomic E-state index is 8.44. The summed E-state index contributed by atoms with van der Waals surface area (Å²) in [5, 5.41) is 8.44. The van der Waals surface area contributed by atoms with E-state index in [2.05, 4.69) is 36.4 Å². The number of hydrogen-bond donors (Lipinski definition) is 0. The summed E-state index contributed by atoms with van der Waals surface area (Å²) >= 11 is 0. The molecule has 1 aromatic carbocycles. The summed E-state index contributed by atoms with van der Waals surface area (Å²) in [6.45, 7) is 0. The van der Waals surface area contributed by atoms with Gasteiger partial charge in [0.25, 0.3) is 0 Å². The molecule has 1 aliphatic heterocycles. The number of hydrogen-bond acceptors (Lipinski definition) is 2. The Morgan fingerprint density at radius 3 is 2.25 bits per heavy atom. The molecule has 1 aromatic rings. The minimum atomic E-state index is 0.363. The third kappa shape index (κ3) is 5.35. The Morgan fingerprint density at radius 2 is 1.55 bits per heavy atom. The summed E-state index contributed by atoms with van der Waals surface area (Å²) in [5.74, 6) is 0. The fourth-order valence-electron chi connectivity index (χ4n) is 2.73. The number of ether oxygens (including phenoxy) is 1. The van der Waals surface area contributed by atoms with Gasteiger partial charge >= 0.3 is 0 Å². The highest BCUT2D eigenvalue weighted by Gasteiger charge is 2.38. The van der Waals surface area contributed by atoms with E-state index in [0.717, 1.165) is 12.8 Å². The Hall–Kier alpha value is -1.33. The van der Waals surface area contributed by atoms with Crippen LogP contribution >= 0.6 is 0 Å². The molecule has 1 saturated heterocycles. The van der Waals surface area contributed by atoms with Gasteiger partial charge in [-0.1, -0.05) is 68.9 Å². The Labute approximate surface area is 122 Å². The van der Waals surface area contributed by atoms with Crippen LogP contribution in [0.15, 0.2) is 30.3 Å². The Kier molecular flexibility index (Phi) is 6.60. The summed E-state index contributed by atoms with van der Waals surface area (Å²) in [5.41, 5.74) is 1.33. The van der Waals surface area contributed by atoms with E-state index >= 15 is 0 Å². The highest BCUT2D eigenvalue weighted by atomic mass is 16.6. The zero-order valence-electron chi connectivity index (χ0n) is 12.3. The minimum Gasteiger partial charge on any atom is -0.365 e. The van der Waals surface area contributed by atoms with Crippen LogP contribution in [0.25, 0.3) is 0 Å². The van der Waals surface area contributed by atoms with Crippen molar-refractivity contribution in [2.45, 2.75) is 70.0 Å². The van der Waals surface area contributed by atoms with Crippen molar-refractivity contribution in [2.75, 3.05) is 0 Å². The smallest absolute Gasteiger partial charge is 0.109 e. The lowest BCUT2D eigenvalue weighted by molar-refractivity contribution is 0.360. The molecule has 20 heavy (non-hydrogen) atoms. The van der Waals surface area contributed by atoms with E-state index in [9.17, 15) is 0 Å².